The van der Waals surface area contributed by atoms with Crippen molar-refractivity contribution >= 4 is 0 Å². The zero-order valence-corrected chi connectivity index (χ0v) is 20.1. The Kier molecular flexibility index (Phi) is 18.6. The molecule has 0 saturated carbocycles. The van der Waals surface area contributed by atoms with E-state index in [1.54, 1.807) is 0 Å². The number of aliphatic hydroxyl groups is 3. The van der Waals surface area contributed by atoms with Crippen LogP contribution in [0.2, 0.25) is 0 Å². The van der Waals surface area contributed by atoms with E-state index in [9.17, 15) is 10.2 Å². The molecular formula is C26H50O5. The molecular weight excluding hydrogens is 392 g/mol. The molecule has 0 aliphatic carbocycles. The Bertz CT molecular complexity index is 415. The molecule has 0 aromatic carbocycles. The van der Waals surface area contributed by atoms with Crippen LogP contribution in [0.5, 0.6) is 0 Å². The molecule has 184 valence electrons. The first-order valence-corrected chi connectivity index (χ1v) is 13.1. The normalized spacial score (nSPS) is 22.5. The second-order valence-corrected chi connectivity index (χ2v) is 9.07. The lowest BCUT2D eigenvalue weighted by molar-refractivity contribution is -0.0730. The molecule has 1 aliphatic rings. The maximum absolute atomic E-state index is 10.1. The van der Waals surface area contributed by atoms with Crippen molar-refractivity contribution in [3.8, 4) is 0 Å². The summed E-state index contributed by atoms with van der Waals surface area (Å²) in [6.07, 6.45) is 22.5. The van der Waals surface area contributed by atoms with E-state index >= 15 is 0 Å². The largest absolute Gasteiger partial charge is 0.394 e. The summed E-state index contributed by atoms with van der Waals surface area (Å²) in [5.41, 5.74) is 0. The Morgan fingerprint density at radius 2 is 1.35 bits per heavy atom. The molecule has 3 N–H and O–H groups in total. The summed E-state index contributed by atoms with van der Waals surface area (Å²) in [7, 11) is 0. The van der Waals surface area contributed by atoms with Crippen LogP contribution in [0.25, 0.3) is 0 Å². The number of hydrogen-bond acceptors (Lipinski definition) is 5. The molecule has 0 aromatic rings. The highest BCUT2D eigenvalue weighted by molar-refractivity contribution is 4.88. The predicted octanol–water partition coefficient (Wildman–Crippen LogP) is 5.30. The number of ether oxygens (including phenoxy) is 2. The van der Waals surface area contributed by atoms with Gasteiger partial charge in [0.2, 0.25) is 0 Å². The summed E-state index contributed by atoms with van der Waals surface area (Å²) in [6, 6.07) is 0. The van der Waals surface area contributed by atoms with E-state index in [1.807, 2.05) is 0 Å². The molecule has 0 spiro atoms. The fourth-order valence-electron chi connectivity index (χ4n) is 4.21. The smallest absolute Gasteiger partial charge is 0.114 e. The van der Waals surface area contributed by atoms with Crippen molar-refractivity contribution in [3.05, 3.63) is 12.2 Å². The third-order valence-corrected chi connectivity index (χ3v) is 6.24. The second-order valence-electron chi connectivity index (χ2n) is 9.07. The molecule has 0 unspecified atom stereocenters. The Morgan fingerprint density at radius 3 is 1.87 bits per heavy atom. The minimum Gasteiger partial charge on any atom is -0.394 e. The number of rotatable bonds is 21. The van der Waals surface area contributed by atoms with E-state index in [0.29, 0.717) is 6.61 Å². The van der Waals surface area contributed by atoms with E-state index in [0.717, 1.165) is 19.3 Å². The summed E-state index contributed by atoms with van der Waals surface area (Å²) in [4.78, 5) is 0. The molecule has 1 aliphatic heterocycles. The van der Waals surface area contributed by atoms with Crippen LogP contribution in [-0.2, 0) is 9.47 Å². The molecule has 0 aromatic heterocycles. The van der Waals surface area contributed by atoms with Gasteiger partial charge in [0.05, 0.1) is 13.2 Å². The minimum atomic E-state index is -1.05. The van der Waals surface area contributed by atoms with Crippen LogP contribution in [0.4, 0.5) is 0 Å². The molecule has 0 amide bonds. The van der Waals surface area contributed by atoms with Crippen LogP contribution in [-0.4, -0.2) is 59.6 Å². The Morgan fingerprint density at radius 1 is 0.839 bits per heavy atom. The third-order valence-electron chi connectivity index (χ3n) is 6.24. The molecule has 1 saturated heterocycles. The van der Waals surface area contributed by atoms with Gasteiger partial charge in [-0.3, -0.25) is 0 Å². The number of hydrogen-bond donors (Lipinski definition) is 3. The van der Waals surface area contributed by atoms with Crippen LogP contribution in [0.15, 0.2) is 12.2 Å². The van der Waals surface area contributed by atoms with Crippen molar-refractivity contribution in [2.75, 3.05) is 19.8 Å². The summed E-state index contributed by atoms with van der Waals surface area (Å²) < 4.78 is 11.0. The number of allylic oxidation sites excluding steroid dienone is 2. The van der Waals surface area contributed by atoms with Crippen molar-refractivity contribution in [1.29, 1.82) is 0 Å². The van der Waals surface area contributed by atoms with Crippen molar-refractivity contribution in [2.45, 2.75) is 134 Å². The second kappa shape index (κ2) is 20.2. The van der Waals surface area contributed by atoms with Crippen LogP contribution < -0.4 is 0 Å². The zero-order chi connectivity index (χ0) is 22.6. The van der Waals surface area contributed by atoms with Gasteiger partial charge in [-0.05, 0) is 25.7 Å². The first-order valence-electron chi connectivity index (χ1n) is 13.1. The lowest BCUT2D eigenvalue weighted by Crippen LogP contribution is -2.41. The van der Waals surface area contributed by atoms with Crippen LogP contribution in [0, 0.1) is 0 Å². The van der Waals surface area contributed by atoms with Gasteiger partial charge in [-0.25, -0.2) is 0 Å². The third kappa shape index (κ3) is 14.3. The molecule has 1 fully saturated rings. The van der Waals surface area contributed by atoms with E-state index in [2.05, 4.69) is 19.1 Å². The average Bonchev–Trinajstić information content (AvgIpc) is 3.15. The first kappa shape index (κ1) is 28.6. The van der Waals surface area contributed by atoms with Gasteiger partial charge in [-0.1, -0.05) is 96.1 Å². The molecule has 1 heterocycles. The fraction of sp³-hybridized carbons (Fsp3) is 0.923. The predicted molar refractivity (Wildman–Crippen MR) is 127 cm³/mol. The summed E-state index contributed by atoms with van der Waals surface area (Å²) in [6.45, 7) is 2.67. The highest BCUT2D eigenvalue weighted by Gasteiger charge is 2.40. The van der Waals surface area contributed by atoms with Crippen molar-refractivity contribution < 1.29 is 24.8 Å². The molecule has 1 rings (SSSR count). The standard InChI is InChI=1S/C26H50O5/c1-2-3-4-5-6-7-8-9-10-11-12-13-14-15-16-17-18-19-20-30-24-22-31-26(25(24)29)23(28)21-27/h3-4,23-29H,2,5-22H2,1H3/b4-3+/t23-,24+,25+,26+/m0/s1. The van der Waals surface area contributed by atoms with Crippen molar-refractivity contribution in [1.82, 2.24) is 0 Å². The number of aliphatic hydroxyl groups excluding tert-OH is 3. The van der Waals surface area contributed by atoms with Crippen LogP contribution in [0.1, 0.15) is 110 Å². The van der Waals surface area contributed by atoms with Crippen LogP contribution >= 0.6 is 0 Å². The van der Waals surface area contributed by atoms with Gasteiger partial charge in [0.15, 0.2) is 0 Å². The highest BCUT2D eigenvalue weighted by Crippen LogP contribution is 2.21. The summed E-state index contributed by atoms with van der Waals surface area (Å²) in [5, 5.41) is 28.6. The summed E-state index contributed by atoms with van der Waals surface area (Å²) >= 11 is 0. The van der Waals surface area contributed by atoms with Gasteiger partial charge in [0, 0.05) is 6.61 Å². The van der Waals surface area contributed by atoms with Gasteiger partial charge in [0.25, 0.3) is 0 Å². The Labute approximate surface area is 191 Å². The molecule has 4 atom stereocenters. The van der Waals surface area contributed by atoms with E-state index in [1.165, 1.54) is 83.5 Å². The van der Waals surface area contributed by atoms with Gasteiger partial charge < -0.3 is 24.8 Å². The number of unbranched alkanes of at least 4 members (excludes halogenated alkanes) is 14. The monoisotopic (exact) mass is 442 g/mol. The highest BCUT2D eigenvalue weighted by atomic mass is 16.6. The molecule has 31 heavy (non-hydrogen) atoms. The van der Waals surface area contributed by atoms with E-state index in [4.69, 9.17) is 14.6 Å². The van der Waals surface area contributed by atoms with Crippen molar-refractivity contribution in [2.24, 2.45) is 0 Å². The lowest BCUT2D eigenvalue weighted by atomic mass is 10.0. The van der Waals surface area contributed by atoms with E-state index in [-0.39, 0.29) is 6.61 Å². The SMILES string of the molecule is CC/C=C/CCCCCCCCCCCCCCCCO[C@@H]1CO[C@H]([C@@H](O)CO)[C@@H]1O. The van der Waals surface area contributed by atoms with Gasteiger partial charge >= 0.3 is 0 Å². The maximum atomic E-state index is 10.1. The van der Waals surface area contributed by atoms with Gasteiger partial charge in [-0.15, -0.1) is 0 Å². The summed E-state index contributed by atoms with van der Waals surface area (Å²) in [5.74, 6) is 0. The van der Waals surface area contributed by atoms with Crippen LogP contribution in [0.3, 0.4) is 0 Å². The van der Waals surface area contributed by atoms with Gasteiger partial charge in [0.1, 0.15) is 24.4 Å². The van der Waals surface area contributed by atoms with Crippen molar-refractivity contribution in [3.63, 3.8) is 0 Å². The lowest BCUT2D eigenvalue weighted by Gasteiger charge is -2.20. The fourth-order valence-corrected chi connectivity index (χ4v) is 4.21. The van der Waals surface area contributed by atoms with E-state index < -0.39 is 31.0 Å². The first-order chi connectivity index (χ1) is 15.2. The average molecular weight is 443 g/mol. The Hall–Kier alpha value is -0.460. The topological polar surface area (TPSA) is 79.2 Å². The zero-order valence-electron chi connectivity index (χ0n) is 20.1. The molecule has 5 nitrogen and oxygen atoms in total. The molecule has 5 heteroatoms. The Balaban J connectivity index is 1.77. The van der Waals surface area contributed by atoms with Gasteiger partial charge in [-0.2, -0.15) is 0 Å². The quantitative estimate of drug-likeness (QED) is 0.166. The molecule has 0 bridgehead atoms. The molecule has 0 radical (unpaired) electrons. The maximum Gasteiger partial charge on any atom is 0.114 e. The minimum absolute atomic E-state index is 0.277.